The summed E-state index contributed by atoms with van der Waals surface area (Å²) < 4.78 is 13.4. The van der Waals surface area contributed by atoms with Crippen LogP contribution < -0.4 is 5.32 Å². The summed E-state index contributed by atoms with van der Waals surface area (Å²) in [5, 5.41) is 3.42. The van der Waals surface area contributed by atoms with E-state index in [4.69, 9.17) is 0 Å². The molecular formula is C16H23FN2. The van der Waals surface area contributed by atoms with Crippen LogP contribution >= 0.6 is 0 Å². The van der Waals surface area contributed by atoms with Crippen LogP contribution in [0.25, 0.3) is 0 Å². The van der Waals surface area contributed by atoms with Crippen molar-refractivity contribution in [3.05, 3.63) is 35.6 Å². The molecule has 1 atom stereocenters. The Bertz CT molecular complexity index is 415. The second kappa shape index (κ2) is 6.02. The Kier molecular flexibility index (Phi) is 4.14. The van der Waals surface area contributed by atoms with Gasteiger partial charge in [-0.25, -0.2) is 4.39 Å². The molecule has 2 aliphatic rings. The fraction of sp³-hybridized carbons (Fsp3) is 0.625. The topological polar surface area (TPSA) is 15.3 Å². The molecular weight excluding hydrogens is 239 g/mol. The van der Waals surface area contributed by atoms with Crippen LogP contribution in [0.2, 0.25) is 0 Å². The quantitative estimate of drug-likeness (QED) is 0.901. The highest BCUT2D eigenvalue weighted by molar-refractivity contribution is 5.21. The maximum absolute atomic E-state index is 13.4. The predicted molar refractivity (Wildman–Crippen MR) is 75.5 cm³/mol. The fourth-order valence-corrected chi connectivity index (χ4v) is 3.53. The van der Waals surface area contributed by atoms with Crippen molar-refractivity contribution in [3.63, 3.8) is 0 Å². The number of rotatable bonds is 3. The summed E-state index contributed by atoms with van der Waals surface area (Å²) in [6, 6.07) is 7.60. The number of hydrogen-bond acceptors (Lipinski definition) is 2. The largest absolute Gasteiger partial charge is 0.317 e. The Hall–Kier alpha value is -0.930. The molecule has 1 aromatic rings. The van der Waals surface area contributed by atoms with Gasteiger partial charge >= 0.3 is 0 Å². The van der Waals surface area contributed by atoms with Gasteiger partial charge in [0.15, 0.2) is 0 Å². The summed E-state index contributed by atoms with van der Waals surface area (Å²) in [5.41, 5.74) is 1.16. The highest BCUT2D eigenvalue weighted by atomic mass is 19.1. The van der Waals surface area contributed by atoms with Crippen molar-refractivity contribution in [1.82, 2.24) is 10.2 Å². The second-order valence-electron chi connectivity index (χ2n) is 5.90. The first-order valence-corrected chi connectivity index (χ1v) is 7.53. The van der Waals surface area contributed by atoms with Crippen LogP contribution in [0.4, 0.5) is 4.39 Å². The molecule has 1 aromatic carbocycles. The van der Waals surface area contributed by atoms with E-state index in [1.807, 2.05) is 6.07 Å². The predicted octanol–water partition coefficient (Wildman–Crippen LogP) is 2.96. The van der Waals surface area contributed by atoms with E-state index >= 15 is 0 Å². The summed E-state index contributed by atoms with van der Waals surface area (Å²) in [7, 11) is 0. The molecule has 2 nitrogen and oxygen atoms in total. The van der Waals surface area contributed by atoms with Gasteiger partial charge in [-0.05, 0) is 68.9 Å². The summed E-state index contributed by atoms with van der Waals surface area (Å²) in [4.78, 5) is 2.57. The van der Waals surface area contributed by atoms with E-state index in [0.29, 0.717) is 6.04 Å². The van der Waals surface area contributed by atoms with Gasteiger partial charge in [0.05, 0.1) is 0 Å². The molecule has 0 saturated carbocycles. The summed E-state index contributed by atoms with van der Waals surface area (Å²) in [6.45, 7) is 4.67. The molecule has 0 bridgehead atoms. The third-order valence-electron chi connectivity index (χ3n) is 4.55. The molecule has 2 saturated heterocycles. The van der Waals surface area contributed by atoms with E-state index in [1.54, 1.807) is 6.07 Å². The van der Waals surface area contributed by atoms with Crippen LogP contribution in [0.3, 0.4) is 0 Å². The zero-order chi connectivity index (χ0) is 13.1. The standard InChI is InChI=1S/C16H23FN2/c17-15-4-1-3-14(11-15)16-5-2-10-19(16)12-13-6-8-18-9-7-13/h1,3-4,11,13,16,18H,2,5-10,12H2. The summed E-state index contributed by atoms with van der Waals surface area (Å²) in [6.07, 6.45) is 4.99. The highest BCUT2D eigenvalue weighted by Gasteiger charge is 2.28. The molecule has 0 aromatic heterocycles. The maximum atomic E-state index is 13.4. The Balaban J connectivity index is 1.67. The van der Waals surface area contributed by atoms with Crippen LogP contribution in [-0.4, -0.2) is 31.1 Å². The lowest BCUT2D eigenvalue weighted by atomic mass is 9.96. The number of piperidine rings is 1. The van der Waals surface area contributed by atoms with Gasteiger partial charge in [0.25, 0.3) is 0 Å². The molecule has 2 heterocycles. The zero-order valence-corrected chi connectivity index (χ0v) is 11.4. The van der Waals surface area contributed by atoms with Crippen molar-refractivity contribution in [2.24, 2.45) is 5.92 Å². The SMILES string of the molecule is Fc1cccc(C2CCCN2CC2CCNCC2)c1. The Morgan fingerprint density at radius 2 is 2.05 bits per heavy atom. The number of nitrogens with one attached hydrogen (secondary N) is 1. The minimum Gasteiger partial charge on any atom is -0.317 e. The molecule has 3 heteroatoms. The van der Waals surface area contributed by atoms with Gasteiger partial charge in [-0.15, -0.1) is 0 Å². The smallest absolute Gasteiger partial charge is 0.123 e. The van der Waals surface area contributed by atoms with Crippen LogP contribution in [0.5, 0.6) is 0 Å². The van der Waals surface area contributed by atoms with Gasteiger partial charge in [0, 0.05) is 12.6 Å². The van der Waals surface area contributed by atoms with Crippen molar-refractivity contribution < 1.29 is 4.39 Å². The van der Waals surface area contributed by atoms with E-state index in [-0.39, 0.29) is 5.82 Å². The van der Waals surface area contributed by atoms with Gasteiger partial charge in [-0.2, -0.15) is 0 Å². The maximum Gasteiger partial charge on any atom is 0.123 e. The molecule has 19 heavy (non-hydrogen) atoms. The van der Waals surface area contributed by atoms with E-state index < -0.39 is 0 Å². The number of nitrogens with zero attached hydrogens (tertiary/aromatic N) is 1. The van der Waals surface area contributed by atoms with Gasteiger partial charge < -0.3 is 5.32 Å². The third-order valence-corrected chi connectivity index (χ3v) is 4.55. The van der Waals surface area contributed by atoms with E-state index in [1.165, 1.54) is 44.8 Å². The molecule has 2 aliphatic heterocycles. The van der Waals surface area contributed by atoms with E-state index in [2.05, 4.69) is 16.3 Å². The third kappa shape index (κ3) is 3.15. The number of hydrogen-bond donors (Lipinski definition) is 1. The molecule has 104 valence electrons. The molecule has 0 radical (unpaired) electrons. The molecule has 0 aliphatic carbocycles. The monoisotopic (exact) mass is 262 g/mol. The average Bonchev–Trinajstić information content (AvgIpc) is 2.88. The van der Waals surface area contributed by atoms with Gasteiger partial charge in [0.2, 0.25) is 0 Å². The second-order valence-corrected chi connectivity index (χ2v) is 5.90. The van der Waals surface area contributed by atoms with Crippen molar-refractivity contribution in [2.75, 3.05) is 26.2 Å². The lowest BCUT2D eigenvalue weighted by molar-refractivity contribution is 0.193. The van der Waals surface area contributed by atoms with E-state index in [0.717, 1.165) is 24.6 Å². The van der Waals surface area contributed by atoms with Crippen LogP contribution in [0, 0.1) is 11.7 Å². The van der Waals surface area contributed by atoms with Crippen LogP contribution in [0.15, 0.2) is 24.3 Å². The summed E-state index contributed by atoms with van der Waals surface area (Å²) >= 11 is 0. The molecule has 0 amide bonds. The van der Waals surface area contributed by atoms with Crippen molar-refractivity contribution in [3.8, 4) is 0 Å². The van der Waals surface area contributed by atoms with E-state index in [9.17, 15) is 4.39 Å². The minimum absolute atomic E-state index is 0.105. The van der Waals surface area contributed by atoms with Gasteiger partial charge in [-0.3, -0.25) is 4.90 Å². The highest BCUT2D eigenvalue weighted by Crippen LogP contribution is 2.33. The Morgan fingerprint density at radius 3 is 2.84 bits per heavy atom. The number of halogens is 1. The minimum atomic E-state index is -0.105. The lowest BCUT2D eigenvalue weighted by Gasteiger charge is -2.31. The molecule has 1 unspecified atom stereocenters. The first-order chi connectivity index (χ1) is 9.33. The molecule has 3 rings (SSSR count). The van der Waals surface area contributed by atoms with Gasteiger partial charge in [0.1, 0.15) is 5.82 Å². The molecule has 0 spiro atoms. The van der Waals surface area contributed by atoms with Gasteiger partial charge in [-0.1, -0.05) is 12.1 Å². The molecule has 2 fully saturated rings. The van der Waals surface area contributed by atoms with Crippen molar-refractivity contribution >= 4 is 0 Å². The lowest BCUT2D eigenvalue weighted by Crippen LogP contribution is -2.36. The Morgan fingerprint density at radius 1 is 1.21 bits per heavy atom. The normalized spacial score (nSPS) is 25.8. The fourth-order valence-electron chi connectivity index (χ4n) is 3.53. The number of benzene rings is 1. The first kappa shape index (κ1) is 13.1. The van der Waals surface area contributed by atoms with Crippen LogP contribution in [0.1, 0.15) is 37.3 Å². The summed E-state index contributed by atoms with van der Waals surface area (Å²) in [5.74, 6) is 0.710. The Labute approximate surface area is 115 Å². The number of likely N-dealkylation sites (tertiary alicyclic amines) is 1. The zero-order valence-electron chi connectivity index (χ0n) is 11.4. The van der Waals surface area contributed by atoms with Crippen molar-refractivity contribution in [1.29, 1.82) is 0 Å². The average molecular weight is 262 g/mol. The molecule has 1 N–H and O–H groups in total. The van der Waals surface area contributed by atoms with Crippen molar-refractivity contribution in [2.45, 2.75) is 31.7 Å². The first-order valence-electron chi connectivity index (χ1n) is 7.53. The van der Waals surface area contributed by atoms with Crippen LogP contribution in [-0.2, 0) is 0 Å².